The Morgan fingerprint density at radius 3 is 2.05 bits per heavy atom. The Labute approximate surface area is 239 Å². The van der Waals surface area contributed by atoms with Crippen molar-refractivity contribution in [3.05, 3.63) is 75.7 Å². The van der Waals surface area contributed by atoms with Gasteiger partial charge in [0.1, 0.15) is 17.3 Å². The molecular weight excluding hydrogens is 524 g/mol. The number of benzene rings is 2. The van der Waals surface area contributed by atoms with E-state index in [2.05, 4.69) is 0 Å². The highest BCUT2D eigenvalue weighted by atomic mass is 16.6. The van der Waals surface area contributed by atoms with Crippen molar-refractivity contribution in [2.24, 2.45) is 5.41 Å². The zero-order valence-electron chi connectivity index (χ0n) is 24.8. The third kappa shape index (κ3) is 5.75. The van der Waals surface area contributed by atoms with Crippen LogP contribution in [0.15, 0.2) is 52.9 Å². The third-order valence-corrected chi connectivity index (χ3v) is 7.12. The summed E-state index contributed by atoms with van der Waals surface area (Å²) in [5.74, 6) is 1.88. The van der Waals surface area contributed by atoms with Crippen LogP contribution in [0.2, 0.25) is 0 Å². The van der Waals surface area contributed by atoms with Gasteiger partial charge in [-0.3, -0.25) is 24.3 Å². The summed E-state index contributed by atoms with van der Waals surface area (Å²) in [6, 6.07) is 12.8. The number of carbonyl (C=O) groups is 2. The Bertz CT molecular complexity index is 1630. The molecule has 0 N–H and O–H groups in total. The molecule has 0 fully saturated rings. The van der Waals surface area contributed by atoms with Crippen LogP contribution < -0.4 is 9.47 Å². The van der Waals surface area contributed by atoms with E-state index in [1.165, 1.54) is 38.5 Å². The number of nitrogens with zero attached hydrogens (tertiary/aromatic N) is 2. The first-order valence-electron chi connectivity index (χ1n) is 13.4. The van der Waals surface area contributed by atoms with Gasteiger partial charge in [-0.25, -0.2) is 0 Å². The smallest absolute Gasteiger partial charge is 0.269 e. The molecule has 0 saturated carbocycles. The first-order chi connectivity index (χ1) is 19.2. The average molecular weight is 561 g/mol. The van der Waals surface area contributed by atoms with Gasteiger partial charge in [-0.2, -0.15) is 0 Å². The molecule has 0 aliphatic carbocycles. The first-order valence-corrected chi connectivity index (χ1v) is 13.4. The lowest BCUT2D eigenvalue weighted by Crippen LogP contribution is -2.22. The van der Waals surface area contributed by atoms with E-state index in [0.29, 0.717) is 39.4 Å². The van der Waals surface area contributed by atoms with Gasteiger partial charge in [-0.1, -0.05) is 41.5 Å². The number of nitro benzene ring substituents is 1. The quantitative estimate of drug-likeness (QED) is 0.163. The van der Waals surface area contributed by atoms with Crippen molar-refractivity contribution in [3.63, 3.8) is 0 Å². The minimum atomic E-state index is -0.560. The fourth-order valence-electron chi connectivity index (χ4n) is 4.75. The standard InChI is InChI=1S/C32H36N2O7/c1-31(2,3)27(35)15-13-22-29(24-14-16-28(41-24)32(4,5)6)21-17-25(39-7)26(40-8)18-23(21)33(22)30(36)19-9-11-20(12-10-19)34(37)38/h9-12,14,16-18H,13,15H2,1-8H3. The van der Waals surface area contributed by atoms with Gasteiger partial charge in [-0.05, 0) is 36.8 Å². The number of methoxy groups -OCH3 is 2. The number of non-ortho nitro benzene ring substituents is 1. The molecule has 0 unspecified atom stereocenters. The summed E-state index contributed by atoms with van der Waals surface area (Å²) >= 11 is 0. The van der Waals surface area contributed by atoms with Gasteiger partial charge in [0.15, 0.2) is 11.5 Å². The molecule has 2 heterocycles. The molecule has 0 aliphatic heterocycles. The topological polar surface area (TPSA) is 114 Å². The van der Waals surface area contributed by atoms with E-state index in [-0.39, 0.29) is 35.3 Å². The number of ketones is 1. The van der Waals surface area contributed by atoms with Crippen molar-refractivity contribution < 1.29 is 28.4 Å². The van der Waals surface area contributed by atoms with Gasteiger partial charge < -0.3 is 13.9 Å². The Morgan fingerprint density at radius 2 is 1.54 bits per heavy atom. The number of aromatic nitrogens is 1. The SMILES string of the molecule is COc1cc2c(-c3ccc(C(C)(C)C)o3)c(CCC(=O)C(C)(C)C)n(C(=O)c3ccc([N+](=O)[O-])cc3)c2cc1OC. The Kier molecular flexibility index (Phi) is 7.85. The van der Waals surface area contributed by atoms with Gasteiger partial charge in [0.05, 0.1) is 24.7 Å². The summed E-state index contributed by atoms with van der Waals surface area (Å²) in [7, 11) is 3.05. The molecule has 4 rings (SSSR count). The van der Waals surface area contributed by atoms with E-state index < -0.39 is 16.2 Å². The highest BCUT2D eigenvalue weighted by Crippen LogP contribution is 2.43. The van der Waals surface area contributed by atoms with Crippen molar-refractivity contribution in [1.29, 1.82) is 0 Å². The minimum Gasteiger partial charge on any atom is -0.493 e. The molecule has 9 nitrogen and oxygen atoms in total. The molecule has 216 valence electrons. The summed E-state index contributed by atoms with van der Waals surface area (Å²) in [5.41, 5.74) is 1.12. The molecule has 0 aliphatic rings. The largest absolute Gasteiger partial charge is 0.493 e. The van der Waals surface area contributed by atoms with Crippen LogP contribution in [0.5, 0.6) is 11.5 Å². The monoisotopic (exact) mass is 560 g/mol. The highest BCUT2D eigenvalue weighted by Gasteiger charge is 2.30. The molecule has 0 amide bonds. The second-order valence-corrected chi connectivity index (χ2v) is 12.1. The number of hydrogen-bond donors (Lipinski definition) is 0. The third-order valence-electron chi connectivity index (χ3n) is 7.12. The van der Waals surface area contributed by atoms with E-state index >= 15 is 0 Å². The molecule has 0 radical (unpaired) electrons. The van der Waals surface area contributed by atoms with E-state index in [1.54, 1.807) is 16.7 Å². The van der Waals surface area contributed by atoms with Crippen molar-refractivity contribution in [1.82, 2.24) is 4.57 Å². The molecule has 41 heavy (non-hydrogen) atoms. The Morgan fingerprint density at radius 1 is 0.927 bits per heavy atom. The maximum atomic E-state index is 14.2. The molecule has 0 atom stereocenters. The Balaban J connectivity index is 2.05. The molecule has 0 spiro atoms. The van der Waals surface area contributed by atoms with Crippen LogP contribution in [0.1, 0.15) is 69.8 Å². The minimum absolute atomic E-state index is 0.0491. The maximum Gasteiger partial charge on any atom is 0.269 e. The van der Waals surface area contributed by atoms with Crippen molar-refractivity contribution >= 4 is 28.3 Å². The van der Waals surface area contributed by atoms with Gasteiger partial charge in [0.2, 0.25) is 0 Å². The first kappa shape index (κ1) is 29.6. The molecule has 0 bridgehead atoms. The van der Waals surface area contributed by atoms with Crippen LogP contribution in [0.3, 0.4) is 0 Å². The maximum absolute atomic E-state index is 14.2. The van der Waals surface area contributed by atoms with Crippen LogP contribution in [-0.2, 0) is 16.6 Å². The lowest BCUT2D eigenvalue weighted by molar-refractivity contribution is -0.384. The lowest BCUT2D eigenvalue weighted by Gasteiger charge is -2.17. The number of Topliss-reactive ketones (excluding diaryl/α,β-unsaturated/α-hetero) is 1. The lowest BCUT2D eigenvalue weighted by atomic mass is 9.87. The summed E-state index contributed by atoms with van der Waals surface area (Å²) in [6.45, 7) is 11.7. The summed E-state index contributed by atoms with van der Waals surface area (Å²) in [5, 5.41) is 11.9. The van der Waals surface area contributed by atoms with Crippen LogP contribution >= 0.6 is 0 Å². The molecule has 2 aromatic carbocycles. The van der Waals surface area contributed by atoms with Crippen molar-refractivity contribution in [2.75, 3.05) is 14.2 Å². The van der Waals surface area contributed by atoms with Crippen LogP contribution in [0.4, 0.5) is 5.69 Å². The van der Waals surface area contributed by atoms with Crippen LogP contribution in [-0.4, -0.2) is 35.4 Å². The van der Waals surface area contributed by atoms with Gasteiger partial charge in [0, 0.05) is 57.7 Å². The van der Waals surface area contributed by atoms with Crippen molar-refractivity contribution in [2.45, 2.75) is 59.8 Å². The summed E-state index contributed by atoms with van der Waals surface area (Å²) in [4.78, 5) is 38.0. The number of furan rings is 1. The molecular formula is C32H36N2O7. The fraction of sp³-hybridized carbons (Fsp3) is 0.375. The number of rotatable bonds is 8. The predicted molar refractivity (Wildman–Crippen MR) is 157 cm³/mol. The zero-order valence-corrected chi connectivity index (χ0v) is 24.8. The number of hydrogen-bond acceptors (Lipinski definition) is 7. The second-order valence-electron chi connectivity index (χ2n) is 12.1. The zero-order chi connectivity index (χ0) is 30.3. The summed E-state index contributed by atoms with van der Waals surface area (Å²) in [6.07, 6.45) is 0.455. The number of carbonyl (C=O) groups excluding carboxylic acids is 2. The number of fused-ring (bicyclic) bond motifs is 1. The Hall–Kier alpha value is -4.40. The van der Waals surface area contributed by atoms with E-state index in [0.717, 1.165) is 5.76 Å². The number of ether oxygens (including phenoxy) is 2. The number of nitro groups is 1. The van der Waals surface area contributed by atoms with Crippen LogP contribution in [0.25, 0.3) is 22.2 Å². The molecule has 2 aromatic heterocycles. The highest BCUT2D eigenvalue weighted by molar-refractivity contribution is 6.09. The molecule has 9 heteroatoms. The summed E-state index contributed by atoms with van der Waals surface area (Å²) < 4.78 is 19.1. The van der Waals surface area contributed by atoms with E-state index in [9.17, 15) is 19.7 Å². The van der Waals surface area contributed by atoms with E-state index in [4.69, 9.17) is 13.9 Å². The van der Waals surface area contributed by atoms with Gasteiger partial charge in [0.25, 0.3) is 11.6 Å². The van der Waals surface area contributed by atoms with Crippen molar-refractivity contribution in [3.8, 4) is 22.8 Å². The fourth-order valence-corrected chi connectivity index (χ4v) is 4.75. The average Bonchev–Trinajstić information content (AvgIpc) is 3.52. The van der Waals surface area contributed by atoms with Crippen LogP contribution in [0, 0.1) is 15.5 Å². The van der Waals surface area contributed by atoms with Gasteiger partial charge >= 0.3 is 0 Å². The van der Waals surface area contributed by atoms with Gasteiger partial charge in [-0.15, -0.1) is 0 Å². The second kappa shape index (κ2) is 10.9. The van der Waals surface area contributed by atoms with E-state index in [1.807, 2.05) is 53.7 Å². The molecule has 4 aromatic rings. The molecule has 0 saturated heterocycles. The predicted octanol–water partition coefficient (Wildman–Crippen LogP) is 7.36. The normalized spacial score (nSPS) is 12.0.